The Morgan fingerprint density at radius 2 is 1.68 bits per heavy atom. The lowest BCUT2D eigenvalue weighted by Crippen LogP contribution is -2.52. The highest BCUT2D eigenvalue weighted by Crippen LogP contribution is 2.22. The Morgan fingerprint density at radius 3 is 2.24 bits per heavy atom. The van der Waals surface area contributed by atoms with E-state index in [4.69, 9.17) is 11.6 Å². The molecule has 0 spiro atoms. The molecule has 1 fully saturated rings. The zero-order valence-corrected chi connectivity index (χ0v) is 22.4. The SMILES string of the molecule is C[C@H](C(=O)NC1CCCC1)N(Cc1ccc(Cl)cc1)C(=O)CN(c1ccc(Br)cc1)S(C)(=O)=O. The van der Waals surface area contributed by atoms with Crippen molar-refractivity contribution in [1.82, 2.24) is 10.2 Å². The molecule has 2 amide bonds. The second kappa shape index (κ2) is 11.6. The normalized spacial score (nSPS) is 15.1. The number of amides is 2. The van der Waals surface area contributed by atoms with Crippen molar-refractivity contribution in [3.63, 3.8) is 0 Å². The van der Waals surface area contributed by atoms with E-state index in [1.807, 2.05) is 0 Å². The summed E-state index contributed by atoms with van der Waals surface area (Å²) in [5, 5.41) is 3.60. The molecule has 1 saturated carbocycles. The number of benzene rings is 2. The summed E-state index contributed by atoms with van der Waals surface area (Å²) < 4.78 is 27.0. The van der Waals surface area contributed by atoms with Gasteiger partial charge < -0.3 is 10.2 Å². The molecule has 1 aliphatic carbocycles. The summed E-state index contributed by atoms with van der Waals surface area (Å²) in [6.07, 6.45) is 5.05. The van der Waals surface area contributed by atoms with Crippen LogP contribution >= 0.6 is 27.5 Å². The van der Waals surface area contributed by atoms with E-state index in [1.54, 1.807) is 55.5 Å². The van der Waals surface area contributed by atoms with Gasteiger partial charge in [-0.25, -0.2) is 8.42 Å². The van der Waals surface area contributed by atoms with Crippen LogP contribution in [-0.2, 0) is 26.2 Å². The Balaban J connectivity index is 1.86. The Labute approximate surface area is 214 Å². The monoisotopic (exact) mass is 569 g/mol. The number of sulfonamides is 1. The summed E-state index contributed by atoms with van der Waals surface area (Å²) in [4.78, 5) is 27.9. The van der Waals surface area contributed by atoms with Gasteiger partial charge >= 0.3 is 0 Å². The fourth-order valence-electron chi connectivity index (χ4n) is 3.98. The Morgan fingerprint density at radius 1 is 1.09 bits per heavy atom. The van der Waals surface area contributed by atoms with Crippen LogP contribution in [0.1, 0.15) is 38.2 Å². The highest BCUT2D eigenvalue weighted by molar-refractivity contribution is 9.10. The molecule has 1 atom stereocenters. The van der Waals surface area contributed by atoms with Crippen molar-refractivity contribution in [2.24, 2.45) is 0 Å². The fourth-order valence-corrected chi connectivity index (χ4v) is 5.22. The second-order valence-electron chi connectivity index (χ2n) is 8.56. The van der Waals surface area contributed by atoms with Gasteiger partial charge in [-0.15, -0.1) is 0 Å². The third-order valence-corrected chi connectivity index (χ3v) is 7.85. The van der Waals surface area contributed by atoms with E-state index < -0.39 is 28.5 Å². The molecule has 1 N–H and O–H groups in total. The minimum atomic E-state index is -3.75. The van der Waals surface area contributed by atoms with Gasteiger partial charge in [0.25, 0.3) is 0 Å². The Kier molecular flexibility index (Phi) is 9.01. The molecular weight excluding hydrogens is 542 g/mol. The van der Waals surface area contributed by atoms with E-state index in [9.17, 15) is 18.0 Å². The van der Waals surface area contributed by atoms with Crippen LogP contribution in [0.2, 0.25) is 5.02 Å². The number of carbonyl (C=O) groups is 2. The smallest absolute Gasteiger partial charge is 0.244 e. The standard InChI is InChI=1S/C24H29BrClN3O4S/c1-17(24(31)27-21-5-3-4-6-21)28(15-18-7-11-20(26)12-8-18)23(30)16-29(34(2,32)33)22-13-9-19(25)10-14-22/h7-14,17,21H,3-6,15-16H2,1-2H3,(H,27,31)/t17-/m1/s1. The maximum absolute atomic E-state index is 13.5. The van der Waals surface area contributed by atoms with Crippen molar-refractivity contribution in [2.45, 2.75) is 51.2 Å². The second-order valence-corrected chi connectivity index (χ2v) is 11.8. The van der Waals surface area contributed by atoms with Gasteiger partial charge in [0, 0.05) is 22.1 Å². The molecule has 3 rings (SSSR count). The first-order chi connectivity index (χ1) is 16.0. The number of halogens is 2. The maximum atomic E-state index is 13.5. The van der Waals surface area contributed by atoms with Gasteiger partial charge in [0.15, 0.2) is 0 Å². The van der Waals surface area contributed by atoms with Gasteiger partial charge in [-0.3, -0.25) is 13.9 Å². The van der Waals surface area contributed by atoms with Crippen molar-refractivity contribution < 1.29 is 18.0 Å². The molecule has 2 aromatic rings. The predicted octanol–water partition coefficient (Wildman–Crippen LogP) is 4.34. The van der Waals surface area contributed by atoms with Crippen molar-refractivity contribution in [2.75, 3.05) is 17.1 Å². The first-order valence-electron chi connectivity index (χ1n) is 11.1. The molecule has 184 valence electrons. The topological polar surface area (TPSA) is 86.8 Å². The predicted molar refractivity (Wildman–Crippen MR) is 138 cm³/mol. The molecule has 1 aliphatic rings. The molecule has 0 radical (unpaired) electrons. The van der Waals surface area contributed by atoms with Crippen molar-refractivity contribution in [3.05, 3.63) is 63.6 Å². The zero-order chi connectivity index (χ0) is 24.9. The maximum Gasteiger partial charge on any atom is 0.244 e. The third kappa shape index (κ3) is 7.20. The number of nitrogens with one attached hydrogen (secondary N) is 1. The van der Waals surface area contributed by atoms with E-state index >= 15 is 0 Å². The van der Waals surface area contributed by atoms with Crippen LogP contribution in [-0.4, -0.2) is 50.0 Å². The lowest BCUT2D eigenvalue weighted by Gasteiger charge is -2.32. The summed E-state index contributed by atoms with van der Waals surface area (Å²) in [7, 11) is -3.75. The average Bonchev–Trinajstić information content (AvgIpc) is 3.29. The van der Waals surface area contributed by atoms with Crippen molar-refractivity contribution in [3.8, 4) is 0 Å². The molecule has 0 bridgehead atoms. The van der Waals surface area contributed by atoms with Crippen LogP contribution in [0.5, 0.6) is 0 Å². The van der Waals surface area contributed by atoms with Crippen LogP contribution in [0.25, 0.3) is 0 Å². The van der Waals surface area contributed by atoms with Gasteiger partial charge in [0.05, 0.1) is 11.9 Å². The molecule has 2 aromatic carbocycles. The lowest BCUT2D eigenvalue weighted by atomic mass is 10.1. The van der Waals surface area contributed by atoms with Gasteiger partial charge in [-0.2, -0.15) is 0 Å². The summed E-state index contributed by atoms with van der Waals surface area (Å²) in [6, 6.07) is 13.0. The first-order valence-corrected chi connectivity index (χ1v) is 14.1. The average molecular weight is 571 g/mol. The molecule has 34 heavy (non-hydrogen) atoms. The van der Waals surface area contributed by atoms with Crippen LogP contribution in [0.3, 0.4) is 0 Å². The molecule has 0 saturated heterocycles. The number of anilines is 1. The minimum Gasteiger partial charge on any atom is -0.352 e. The minimum absolute atomic E-state index is 0.109. The summed E-state index contributed by atoms with van der Waals surface area (Å²) in [5.41, 5.74) is 1.15. The summed E-state index contributed by atoms with van der Waals surface area (Å²) in [6.45, 7) is 1.39. The van der Waals surface area contributed by atoms with Gasteiger partial charge in [0.2, 0.25) is 21.8 Å². The number of hydrogen-bond donors (Lipinski definition) is 1. The highest BCUT2D eigenvalue weighted by atomic mass is 79.9. The molecular formula is C24H29BrClN3O4S. The molecule has 10 heteroatoms. The Hall–Kier alpha value is -2.10. The van der Waals surface area contributed by atoms with E-state index in [-0.39, 0.29) is 18.5 Å². The van der Waals surface area contributed by atoms with E-state index in [0.29, 0.717) is 10.7 Å². The molecule has 0 heterocycles. The van der Waals surface area contributed by atoms with Crippen molar-refractivity contribution >= 4 is 55.1 Å². The largest absolute Gasteiger partial charge is 0.352 e. The fraction of sp³-hybridized carbons (Fsp3) is 0.417. The number of hydrogen-bond acceptors (Lipinski definition) is 4. The van der Waals surface area contributed by atoms with E-state index in [2.05, 4.69) is 21.2 Å². The van der Waals surface area contributed by atoms with E-state index in [0.717, 1.165) is 46.3 Å². The van der Waals surface area contributed by atoms with Gasteiger partial charge in [-0.05, 0) is 61.7 Å². The van der Waals surface area contributed by atoms with E-state index in [1.165, 1.54) is 4.90 Å². The molecule has 0 aliphatic heterocycles. The number of nitrogens with zero attached hydrogens (tertiary/aromatic N) is 2. The lowest BCUT2D eigenvalue weighted by molar-refractivity contribution is -0.139. The van der Waals surface area contributed by atoms with Crippen LogP contribution in [0.15, 0.2) is 53.0 Å². The molecule has 0 unspecified atom stereocenters. The first kappa shape index (κ1) is 26.5. The number of rotatable bonds is 9. The summed E-state index contributed by atoms with van der Waals surface area (Å²) >= 11 is 9.33. The van der Waals surface area contributed by atoms with Gasteiger partial charge in [-0.1, -0.05) is 52.5 Å². The quantitative estimate of drug-likeness (QED) is 0.486. The molecule has 7 nitrogen and oxygen atoms in total. The van der Waals surface area contributed by atoms with Crippen molar-refractivity contribution in [1.29, 1.82) is 0 Å². The Bertz CT molecular complexity index is 1100. The number of carbonyl (C=O) groups excluding carboxylic acids is 2. The third-order valence-electron chi connectivity index (χ3n) is 5.93. The van der Waals surface area contributed by atoms with Gasteiger partial charge in [0.1, 0.15) is 12.6 Å². The summed E-state index contributed by atoms with van der Waals surface area (Å²) in [5.74, 6) is -0.721. The zero-order valence-electron chi connectivity index (χ0n) is 19.2. The highest BCUT2D eigenvalue weighted by Gasteiger charge is 2.31. The molecule has 0 aromatic heterocycles. The van der Waals surface area contributed by atoms with Crippen LogP contribution in [0, 0.1) is 0 Å². The van der Waals surface area contributed by atoms with Crippen LogP contribution in [0.4, 0.5) is 5.69 Å². The van der Waals surface area contributed by atoms with Crippen LogP contribution < -0.4 is 9.62 Å².